The molecule has 1 atom stereocenters. The lowest BCUT2D eigenvalue weighted by molar-refractivity contribution is -0.138. The number of carbonyl (C=O) groups is 3. The van der Waals surface area contributed by atoms with E-state index in [4.69, 9.17) is 9.84 Å². The van der Waals surface area contributed by atoms with Gasteiger partial charge in [0.15, 0.2) is 0 Å². The van der Waals surface area contributed by atoms with E-state index in [1.807, 2.05) is 0 Å². The van der Waals surface area contributed by atoms with E-state index in [2.05, 4.69) is 0 Å². The molecule has 0 aliphatic carbocycles. The molecule has 16 heavy (non-hydrogen) atoms. The summed E-state index contributed by atoms with van der Waals surface area (Å²) < 4.78 is 4.94. The molecule has 3 amide bonds. The van der Waals surface area contributed by atoms with Gasteiger partial charge >= 0.3 is 0 Å². The lowest BCUT2D eigenvalue weighted by Crippen LogP contribution is -2.33. The second-order valence-electron chi connectivity index (χ2n) is 3.70. The molecule has 2 heterocycles. The number of ether oxygens (including phenoxy) is 1. The maximum absolute atomic E-state index is 11.4. The Bertz CT molecular complexity index is 339. The van der Waals surface area contributed by atoms with Crippen LogP contribution in [0.3, 0.4) is 0 Å². The molecule has 0 bridgehead atoms. The van der Waals surface area contributed by atoms with E-state index in [0.29, 0.717) is 13.0 Å². The zero-order valence-corrected chi connectivity index (χ0v) is 8.59. The van der Waals surface area contributed by atoms with Crippen LogP contribution in [-0.4, -0.2) is 65.2 Å². The highest BCUT2D eigenvalue weighted by Crippen LogP contribution is 2.46. The van der Waals surface area contributed by atoms with Crippen molar-refractivity contribution >= 4 is 18.2 Å². The van der Waals surface area contributed by atoms with Crippen molar-refractivity contribution in [3.8, 4) is 0 Å². The van der Waals surface area contributed by atoms with Crippen LogP contribution in [0.2, 0.25) is 0 Å². The molecule has 0 aromatic rings. The van der Waals surface area contributed by atoms with Crippen molar-refractivity contribution in [3.63, 3.8) is 0 Å². The van der Waals surface area contributed by atoms with Gasteiger partial charge in [0.2, 0.25) is 18.0 Å². The Morgan fingerprint density at radius 2 is 2.38 bits per heavy atom. The first kappa shape index (κ1) is 11.0. The molecule has 0 aromatic heterocycles. The second-order valence-corrected chi connectivity index (χ2v) is 3.70. The third-order valence-corrected chi connectivity index (χ3v) is 2.72. The second kappa shape index (κ2) is 3.84. The fourth-order valence-corrected chi connectivity index (χ4v) is 1.62. The van der Waals surface area contributed by atoms with Crippen molar-refractivity contribution in [2.75, 3.05) is 26.3 Å². The number of aliphatic hydroxyl groups excluding tert-OH is 1. The third kappa shape index (κ3) is 1.68. The van der Waals surface area contributed by atoms with E-state index in [-0.39, 0.29) is 32.0 Å². The standard InChI is InChI=1S/C9H12N2O5/c12-4-3-10(6-13)7(14)1-2-11-8(15)9(11)5-16-9/h6,12H,1-5H2. The molecule has 2 fully saturated rings. The van der Waals surface area contributed by atoms with Crippen molar-refractivity contribution in [2.24, 2.45) is 0 Å². The Balaban J connectivity index is 1.75. The number of aliphatic hydroxyl groups is 1. The van der Waals surface area contributed by atoms with E-state index in [0.717, 1.165) is 4.90 Å². The van der Waals surface area contributed by atoms with Crippen molar-refractivity contribution in [1.29, 1.82) is 0 Å². The van der Waals surface area contributed by atoms with Crippen LogP contribution in [-0.2, 0) is 19.1 Å². The normalized spacial score (nSPS) is 25.8. The zero-order valence-electron chi connectivity index (χ0n) is 8.59. The largest absolute Gasteiger partial charge is 0.395 e. The van der Waals surface area contributed by atoms with Crippen LogP contribution in [0.5, 0.6) is 0 Å². The highest BCUT2D eigenvalue weighted by molar-refractivity contribution is 6.03. The van der Waals surface area contributed by atoms with Crippen molar-refractivity contribution in [1.82, 2.24) is 9.80 Å². The minimum Gasteiger partial charge on any atom is -0.395 e. The topological polar surface area (TPSA) is 90.2 Å². The van der Waals surface area contributed by atoms with Gasteiger partial charge < -0.3 is 9.84 Å². The van der Waals surface area contributed by atoms with E-state index in [1.54, 1.807) is 0 Å². The number of nitrogens with zero attached hydrogens (tertiary/aromatic N) is 2. The van der Waals surface area contributed by atoms with Gasteiger partial charge in [-0.05, 0) is 0 Å². The summed E-state index contributed by atoms with van der Waals surface area (Å²) in [5.74, 6) is -0.500. The molecule has 1 spiro atoms. The van der Waals surface area contributed by atoms with Crippen LogP contribution in [0.25, 0.3) is 0 Å². The van der Waals surface area contributed by atoms with Crippen LogP contribution in [0.1, 0.15) is 6.42 Å². The summed E-state index contributed by atoms with van der Waals surface area (Å²) in [7, 11) is 0. The summed E-state index contributed by atoms with van der Waals surface area (Å²) in [6.45, 7) is 0.375. The number of carbonyl (C=O) groups excluding carboxylic acids is 3. The first-order valence-electron chi connectivity index (χ1n) is 4.97. The van der Waals surface area contributed by atoms with Gasteiger partial charge in [-0.1, -0.05) is 0 Å². The quantitative estimate of drug-likeness (QED) is 0.416. The summed E-state index contributed by atoms with van der Waals surface area (Å²) >= 11 is 0. The van der Waals surface area contributed by atoms with Crippen LogP contribution in [0.15, 0.2) is 0 Å². The van der Waals surface area contributed by atoms with Crippen molar-refractivity contribution in [3.05, 3.63) is 0 Å². The van der Waals surface area contributed by atoms with Gasteiger partial charge in [-0.25, -0.2) is 0 Å². The molecule has 88 valence electrons. The third-order valence-electron chi connectivity index (χ3n) is 2.72. The Kier molecular flexibility index (Phi) is 2.64. The van der Waals surface area contributed by atoms with Crippen LogP contribution in [0, 0.1) is 0 Å². The molecule has 2 aliphatic heterocycles. The van der Waals surface area contributed by atoms with Gasteiger partial charge in [-0.2, -0.15) is 0 Å². The van der Waals surface area contributed by atoms with Gasteiger partial charge in [-0.15, -0.1) is 0 Å². The zero-order chi connectivity index (χ0) is 11.8. The minimum atomic E-state index is -0.719. The summed E-state index contributed by atoms with van der Waals surface area (Å²) in [6, 6.07) is 0. The number of epoxide rings is 1. The molecule has 0 radical (unpaired) electrons. The molecule has 2 aliphatic rings. The highest BCUT2D eigenvalue weighted by atomic mass is 16.6. The molecular formula is C9H12N2O5. The minimum absolute atomic E-state index is 0.0159. The molecular weight excluding hydrogens is 216 g/mol. The molecule has 7 nitrogen and oxygen atoms in total. The fraction of sp³-hybridized carbons (Fsp3) is 0.667. The SMILES string of the molecule is O=CN(CCO)C(=O)CCN1C(=O)C12CO2. The molecule has 2 rings (SSSR count). The van der Waals surface area contributed by atoms with Crippen molar-refractivity contribution in [2.45, 2.75) is 12.1 Å². The first-order valence-corrected chi connectivity index (χ1v) is 4.97. The fourth-order valence-electron chi connectivity index (χ4n) is 1.62. The number of imide groups is 1. The van der Waals surface area contributed by atoms with Crippen molar-refractivity contribution < 1.29 is 24.2 Å². The van der Waals surface area contributed by atoms with E-state index >= 15 is 0 Å². The Morgan fingerprint density at radius 3 is 2.81 bits per heavy atom. The van der Waals surface area contributed by atoms with Gasteiger partial charge in [-0.3, -0.25) is 24.2 Å². The summed E-state index contributed by atoms with van der Waals surface area (Å²) in [4.78, 5) is 35.4. The molecule has 1 N–H and O–H groups in total. The Labute approximate surface area is 91.6 Å². The smallest absolute Gasteiger partial charge is 0.281 e. The van der Waals surface area contributed by atoms with Crippen LogP contribution < -0.4 is 0 Å². The van der Waals surface area contributed by atoms with E-state index in [9.17, 15) is 14.4 Å². The molecule has 7 heteroatoms. The predicted molar refractivity (Wildman–Crippen MR) is 49.9 cm³/mol. The Morgan fingerprint density at radius 1 is 1.69 bits per heavy atom. The van der Waals surface area contributed by atoms with Gasteiger partial charge in [0.1, 0.15) is 6.61 Å². The van der Waals surface area contributed by atoms with E-state index in [1.165, 1.54) is 4.90 Å². The Hall–Kier alpha value is -1.47. The molecule has 2 saturated heterocycles. The summed E-state index contributed by atoms with van der Waals surface area (Å²) in [6.07, 6.45) is 0.446. The summed E-state index contributed by atoms with van der Waals surface area (Å²) in [5.41, 5.74) is -0.719. The average Bonchev–Trinajstić information content (AvgIpc) is 3.15. The lowest BCUT2D eigenvalue weighted by atomic mass is 10.3. The van der Waals surface area contributed by atoms with Crippen LogP contribution >= 0.6 is 0 Å². The van der Waals surface area contributed by atoms with Gasteiger partial charge in [0.25, 0.3) is 5.91 Å². The predicted octanol–water partition coefficient (Wildman–Crippen LogP) is -2.08. The van der Waals surface area contributed by atoms with Gasteiger partial charge in [0.05, 0.1) is 13.2 Å². The monoisotopic (exact) mass is 228 g/mol. The maximum atomic E-state index is 11.4. The van der Waals surface area contributed by atoms with E-state index < -0.39 is 11.6 Å². The maximum Gasteiger partial charge on any atom is 0.281 e. The number of hydrogen-bond donors (Lipinski definition) is 1. The number of rotatable bonds is 6. The molecule has 0 saturated carbocycles. The number of hydrogen-bond acceptors (Lipinski definition) is 5. The molecule has 1 unspecified atom stereocenters. The average molecular weight is 228 g/mol. The van der Waals surface area contributed by atoms with Gasteiger partial charge in [0, 0.05) is 13.0 Å². The summed E-state index contributed by atoms with van der Waals surface area (Å²) in [5, 5.41) is 8.60. The molecule has 0 aromatic carbocycles. The lowest BCUT2D eigenvalue weighted by Gasteiger charge is -2.13. The highest BCUT2D eigenvalue weighted by Gasteiger charge is 2.74. The number of amides is 3. The first-order chi connectivity index (χ1) is 7.65. The van der Waals surface area contributed by atoms with Crippen LogP contribution in [0.4, 0.5) is 0 Å².